The Balaban J connectivity index is 2.49. The number of nitrogens with zero attached hydrogens (tertiary/aromatic N) is 2. The van der Waals surface area contributed by atoms with Crippen molar-refractivity contribution in [2.75, 3.05) is 13.2 Å². The zero-order valence-corrected chi connectivity index (χ0v) is 14.1. The second-order valence-electron chi connectivity index (χ2n) is 5.44. The number of rotatable bonds is 8. The molecule has 0 aliphatic heterocycles. The first-order valence-corrected chi connectivity index (χ1v) is 8.11. The van der Waals surface area contributed by atoms with E-state index in [1.54, 1.807) is 12.4 Å². The standard InChI is InChI=1S/C18H25N3O2/c1-4-15-17(14-8-6-9-20-12-14)16(18(19)22)13(3)21(15)10-7-11-23-5-2/h6,8-9,12H,4-5,7,10-11H2,1-3H3,(H2,19,22). The largest absolute Gasteiger partial charge is 0.382 e. The zero-order valence-electron chi connectivity index (χ0n) is 14.1. The van der Waals surface area contributed by atoms with Gasteiger partial charge < -0.3 is 15.0 Å². The molecule has 5 nitrogen and oxygen atoms in total. The molecule has 5 heteroatoms. The van der Waals surface area contributed by atoms with E-state index < -0.39 is 0 Å². The quantitative estimate of drug-likeness (QED) is 0.761. The van der Waals surface area contributed by atoms with Gasteiger partial charge in [0.25, 0.3) is 5.91 Å². The van der Waals surface area contributed by atoms with Gasteiger partial charge in [0.15, 0.2) is 0 Å². The van der Waals surface area contributed by atoms with Crippen LogP contribution in [0.2, 0.25) is 0 Å². The van der Waals surface area contributed by atoms with E-state index in [4.69, 9.17) is 10.5 Å². The summed E-state index contributed by atoms with van der Waals surface area (Å²) in [5.41, 5.74) is 10.2. The highest BCUT2D eigenvalue weighted by Crippen LogP contribution is 2.32. The molecule has 0 saturated carbocycles. The van der Waals surface area contributed by atoms with Crippen molar-refractivity contribution in [1.29, 1.82) is 0 Å². The highest BCUT2D eigenvalue weighted by atomic mass is 16.5. The molecule has 0 aromatic carbocycles. The predicted octanol–water partition coefficient (Wildman–Crippen LogP) is 2.95. The third kappa shape index (κ3) is 3.62. The first-order chi connectivity index (χ1) is 11.1. The lowest BCUT2D eigenvalue weighted by Gasteiger charge is -2.11. The second-order valence-corrected chi connectivity index (χ2v) is 5.44. The van der Waals surface area contributed by atoms with E-state index in [9.17, 15) is 4.79 Å². The predicted molar refractivity (Wildman–Crippen MR) is 91.4 cm³/mol. The Morgan fingerprint density at radius 1 is 1.39 bits per heavy atom. The Morgan fingerprint density at radius 3 is 2.74 bits per heavy atom. The number of primary amides is 1. The molecule has 0 aliphatic rings. The maximum absolute atomic E-state index is 12.0. The fourth-order valence-electron chi connectivity index (χ4n) is 3.06. The molecule has 0 bridgehead atoms. The first kappa shape index (κ1) is 17.2. The molecule has 1 amide bonds. The number of carbonyl (C=O) groups excluding carboxylic acids is 1. The summed E-state index contributed by atoms with van der Waals surface area (Å²) in [7, 11) is 0. The van der Waals surface area contributed by atoms with Gasteiger partial charge in [0.2, 0.25) is 0 Å². The van der Waals surface area contributed by atoms with Crippen LogP contribution in [0.25, 0.3) is 11.1 Å². The molecule has 2 N–H and O–H groups in total. The van der Waals surface area contributed by atoms with Gasteiger partial charge in [-0.3, -0.25) is 9.78 Å². The maximum atomic E-state index is 12.0. The highest BCUT2D eigenvalue weighted by Gasteiger charge is 2.23. The van der Waals surface area contributed by atoms with Gasteiger partial charge in [-0.25, -0.2) is 0 Å². The van der Waals surface area contributed by atoms with Crippen molar-refractivity contribution >= 4 is 5.91 Å². The van der Waals surface area contributed by atoms with Crippen LogP contribution in [0, 0.1) is 6.92 Å². The molecule has 0 aliphatic carbocycles. The Kier molecular flexibility index (Phi) is 5.93. The summed E-state index contributed by atoms with van der Waals surface area (Å²) in [6.07, 6.45) is 5.24. The fraction of sp³-hybridized carbons (Fsp3) is 0.444. The maximum Gasteiger partial charge on any atom is 0.251 e. The molecule has 124 valence electrons. The molecule has 23 heavy (non-hydrogen) atoms. The van der Waals surface area contributed by atoms with Crippen molar-refractivity contribution in [2.45, 2.75) is 40.2 Å². The zero-order chi connectivity index (χ0) is 16.8. The SMILES string of the molecule is CCOCCCn1c(C)c(C(N)=O)c(-c2cccnc2)c1CC. The summed E-state index contributed by atoms with van der Waals surface area (Å²) in [5, 5.41) is 0. The normalized spacial score (nSPS) is 10.9. The van der Waals surface area contributed by atoms with E-state index in [2.05, 4.69) is 16.5 Å². The van der Waals surface area contributed by atoms with Crippen molar-refractivity contribution in [3.63, 3.8) is 0 Å². The van der Waals surface area contributed by atoms with Gasteiger partial charge in [-0.2, -0.15) is 0 Å². The smallest absolute Gasteiger partial charge is 0.251 e. The van der Waals surface area contributed by atoms with Gasteiger partial charge in [0.1, 0.15) is 0 Å². The summed E-state index contributed by atoms with van der Waals surface area (Å²) >= 11 is 0. The molecule has 2 rings (SSSR count). The van der Waals surface area contributed by atoms with Gasteiger partial charge in [-0.15, -0.1) is 0 Å². The van der Waals surface area contributed by atoms with Crippen LogP contribution in [0.4, 0.5) is 0 Å². The van der Waals surface area contributed by atoms with Crippen LogP contribution in [0.1, 0.15) is 42.0 Å². The van der Waals surface area contributed by atoms with Gasteiger partial charge in [0.05, 0.1) is 5.56 Å². The van der Waals surface area contributed by atoms with Crippen LogP contribution in [0.3, 0.4) is 0 Å². The molecule has 0 saturated heterocycles. The van der Waals surface area contributed by atoms with Gasteiger partial charge in [-0.1, -0.05) is 13.0 Å². The minimum absolute atomic E-state index is 0.389. The number of hydrogen-bond acceptors (Lipinski definition) is 3. The third-order valence-electron chi connectivity index (χ3n) is 4.04. The van der Waals surface area contributed by atoms with Crippen molar-refractivity contribution in [3.05, 3.63) is 41.5 Å². The van der Waals surface area contributed by atoms with E-state index in [-0.39, 0.29) is 5.91 Å². The van der Waals surface area contributed by atoms with Gasteiger partial charge in [-0.05, 0) is 32.8 Å². The highest BCUT2D eigenvalue weighted by molar-refractivity contribution is 6.02. The minimum atomic E-state index is -0.389. The van der Waals surface area contributed by atoms with E-state index in [0.717, 1.165) is 48.5 Å². The molecule has 2 heterocycles. The average molecular weight is 315 g/mol. The van der Waals surface area contributed by atoms with E-state index in [1.165, 1.54) is 0 Å². The molecule has 2 aromatic heterocycles. The molecule has 0 spiro atoms. The lowest BCUT2D eigenvalue weighted by Crippen LogP contribution is -2.13. The van der Waals surface area contributed by atoms with Crippen molar-refractivity contribution in [2.24, 2.45) is 5.73 Å². The Morgan fingerprint density at radius 2 is 2.17 bits per heavy atom. The Hall–Kier alpha value is -2.14. The van der Waals surface area contributed by atoms with E-state index >= 15 is 0 Å². The summed E-state index contributed by atoms with van der Waals surface area (Å²) in [6, 6.07) is 3.85. The Bertz CT molecular complexity index is 663. The first-order valence-electron chi connectivity index (χ1n) is 8.11. The van der Waals surface area contributed by atoms with Crippen molar-refractivity contribution in [1.82, 2.24) is 9.55 Å². The minimum Gasteiger partial charge on any atom is -0.382 e. The van der Waals surface area contributed by atoms with E-state index in [1.807, 2.05) is 26.0 Å². The summed E-state index contributed by atoms with van der Waals surface area (Å²) < 4.78 is 7.62. The van der Waals surface area contributed by atoms with Crippen LogP contribution in [-0.2, 0) is 17.7 Å². The number of amides is 1. The number of nitrogens with two attached hydrogens (primary N) is 1. The van der Waals surface area contributed by atoms with Crippen LogP contribution in [0.15, 0.2) is 24.5 Å². The van der Waals surface area contributed by atoms with Crippen LogP contribution < -0.4 is 5.73 Å². The van der Waals surface area contributed by atoms with Crippen molar-refractivity contribution < 1.29 is 9.53 Å². The number of carbonyl (C=O) groups is 1. The number of aromatic nitrogens is 2. The lowest BCUT2D eigenvalue weighted by molar-refractivity contribution is 0.1000. The second kappa shape index (κ2) is 7.92. The molecular formula is C18H25N3O2. The molecule has 0 radical (unpaired) electrons. The molecule has 0 atom stereocenters. The number of hydrogen-bond donors (Lipinski definition) is 1. The van der Waals surface area contributed by atoms with Gasteiger partial charge >= 0.3 is 0 Å². The number of ether oxygens (including phenoxy) is 1. The Labute approximate surface area is 137 Å². The average Bonchev–Trinajstić information content (AvgIpc) is 2.84. The molecule has 2 aromatic rings. The summed E-state index contributed by atoms with van der Waals surface area (Å²) in [4.78, 5) is 16.2. The summed E-state index contributed by atoms with van der Waals surface area (Å²) in [5.74, 6) is -0.389. The molecular weight excluding hydrogens is 290 g/mol. The van der Waals surface area contributed by atoms with E-state index in [0.29, 0.717) is 12.2 Å². The topological polar surface area (TPSA) is 70.1 Å². The molecule has 0 unspecified atom stereocenters. The van der Waals surface area contributed by atoms with Gasteiger partial charge in [0, 0.05) is 54.7 Å². The lowest BCUT2D eigenvalue weighted by atomic mass is 10.0. The van der Waals surface area contributed by atoms with Crippen LogP contribution in [0.5, 0.6) is 0 Å². The fourth-order valence-corrected chi connectivity index (χ4v) is 3.06. The van der Waals surface area contributed by atoms with Crippen LogP contribution in [-0.4, -0.2) is 28.7 Å². The van der Waals surface area contributed by atoms with Crippen LogP contribution >= 0.6 is 0 Å². The molecule has 0 fully saturated rings. The van der Waals surface area contributed by atoms with Crippen molar-refractivity contribution in [3.8, 4) is 11.1 Å². The number of pyridine rings is 1. The third-order valence-corrected chi connectivity index (χ3v) is 4.04. The monoisotopic (exact) mass is 315 g/mol. The summed E-state index contributed by atoms with van der Waals surface area (Å²) in [6.45, 7) is 8.29.